The van der Waals surface area contributed by atoms with E-state index in [1.807, 2.05) is 68.6 Å². The van der Waals surface area contributed by atoms with Crippen LogP contribution in [0.15, 0.2) is 60.8 Å². The number of methoxy groups -OCH3 is 1. The maximum absolute atomic E-state index is 9.68. The predicted octanol–water partition coefficient (Wildman–Crippen LogP) is 5.08. The van der Waals surface area contributed by atoms with Crippen molar-refractivity contribution >= 4 is 5.69 Å². The number of aryl methyl sites for hydroxylation is 1. The number of rotatable bonds is 9. The lowest BCUT2D eigenvalue weighted by Gasteiger charge is -2.23. The van der Waals surface area contributed by atoms with Gasteiger partial charge in [0.1, 0.15) is 17.6 Å². The van der Waals surface area contributed by atoms with Gasteiger partial charge in [0, 0.05) is 50.2 Å². The molecule has 0 amide bonds. The molecule has 3 aromatic rings. The van der Waals surface area contributed by atoms with E-state index in [0.717, 1.165) is 53.4 Å². The Labute approximate surface area is 195 Å². The van der Waals surface area contributed by atoms with Crippen LogP contribution in [-0.4, -0.2) is 43.0 Å². The molecule has 1 N–H and O–H groups in total. The minimum absolute atomic E-state index is 0.0676. The Morgan fingerprint density at radius 2 is 2.00 bits per heavy atom. The first-order chi connectivity index (χ1) is 16.1. The van der Waals surface area contributed by atoms with Gasteiger partial charge < -0.3 is 24.2 Å². The second-order valence-corrected chi connectivity index (χ2v) is 8.43. The first kappa shape index (κ1) is 23.1. The lowest BCUT2D eigenvalue weighted by molar-refractivity contribution is 0.117. The van der Waals surface area contributed by atoms with Gasteiger partial charge in [0.15, 0.2) is 0 Å². The lowest BCUT2D eigenvalue weighted by atomic mass is 10.1. The maximum Gasteiger partial charge on any atom is 0.213 e. The molecule has 1 saturated heterocycles. The van der Waals surface area contributed by atoms with Crippen LogP contribution in [0.2, 0.25) is 0 Å². The van der Waals surface area contributed by atoms with E-state index in [1.54, 1.807) is 7.11 Å². The van der Waals surface area contributed by atoms with Gasteiger partial charge in [-0.15, -0.1) is 0 Å². The van der Waals surface area contributed by atoms with E-state index in [0.29, 0.717) is 12.3 Å². The van der Waals surface area contributed by atoms with Gasteiger partial charge in [-0.1, -0.05) is 24.3 Å². The summed E-state index contributed by atoms with van der Waals surface area (Å²) in [7, 11) is 1.69. The number of nitrogens with zero attached hydrogens (tertiary/aromatic N) is 2. The van der Waals surface area contributed by atoms with Crippen molar-refractivity contribution in [2.75, 3.05) is 31.7 Å². The van der Waals surface area contributed by atoms with Crippen molar-refractivity contribution in [1.82, 2.24) is 4.98 Å². The third-order valence-electron chi connectivity index (χ3n) is 6.03. The second-order valence-electron chi connectivity index (χ2n) is 8.43. The summed E-state index contributed by atoms with van der Waals surface area (Å²) in [4.78, 5) is 6.68. The molecule has 1 aromatic heterocycles. The molecule has 2 unspecified atom stereocenters. The summed E-state index contributed by atoms with van der Waals surface area (Å²) in [6.45, 7) is 5.77. The second kappa shape index (κ2) is 10.7. The third-order valence-corrected chi connectivity index (χ3v) is 6.03. The van der Waals surface area contributed by atoms with Crippen LogP contribution in [0.3, 0.4) is 0 Å². The quantitative estimate of drug-likeness (QED) is 0.492. The highest BCUT2D eigenvalue weighted by Crippen LogP contribution is 2.34. The van der Waals surface area contributed by atoms with Gasteiger partial charge in [0.25, 0.3) is 0 Å². The minimum Gasteiger partial charge on any atom is -0.472 e. The molecule has 0 aliphatic carbocycles. The SMILES string of the molecule is COC(C)c1ccccc1Oc1ccc(N2CCC(Oc3ccc(C)cn3)C2)c(CCO)c1. The van der Waals surface area contributed by atoms with E-state index in [-0.39, 0.29) is 18.8 Å². The van der Waals surface area contributed by atoms with Crippen molar-refractivity contribution in [1.29, 1.82) is 0 Å². The van der Waals surface area contributed by atoms with Crippen LogP contribution in [0.1, 0.15) is 36.1 Å². The number of para-hydroxylation sites is 1. The topological polar surface area (TPSA) is 64.1 Å². The van der Waals surface area contributed by atoms with E-state index in [4.69, 9.17) is 14.2 Å². The summed E-state index contributed by atoms with van der Waals surface area (Å²) in [5.41, 5.74) is 4.28. The van der Waals surface area contributed by atoms with Gasteiger partial charge in [-0.25, -0.2) is 4.98 Å². The van der Waals surface area contributed by atoms with Crippen LogP contribution in [0.4, 0.5) is 5.69 Å². The number of anilines is 1. The summed E-state index contributed by atoms with van der Waals surface area (Å²) in [5.74, 6) is 2.18. The third kappa shape index (κ3) is 5.64. The summed E-state index contributed by atoms with van der Waals surface area (Å²) < 4.78 is 17.8. The molecule has 2 aromatic carbocycles. The number of hydrogen-bond donors (Lipinski definition) is 1. The summed E-state index contributed by atoms with van der Waals surface area (Å²) in [6.07, 6.45) is 3.33. The monoisotopic (exact) mass is 448 g/mol. The van der Waals surface area contributed by atoms with E-state index in [1.165, 1.54) is 0 Å². The Bertz CT molecular complexity index is 1050. The Kier molecular flexibility index (Phi) is 7.47. The Morgan fingerprint density at radius 1 is 1.15 bits per heavy atom. The van der Waals surface area contributed by atoms with Crippen LogP contribution >= 0.6 is 0 Å². The minimum atomic E-state index is -0.0676. The fraction of sp³-hybridized carbons (Fsp3) is 0.370. The molecule has 174 valence electrons. The molecule has 6 nitrogen and oxygen atoms in total. The summed E-state index contributed by atoms with van der Waals surface area (Å²) >= 11 is 0. The highest BCUT2D eigenvalue weighted by atomic mass is 16.5. The van der Waals surface area contributed by atoms with Gasteiger partial charge in [0.05, 0.1) is 12.6 Å². The van der Waals surface area contributed by atoms with Gasteiger partial charge in [0.2, 0.25) is 5.88 Å². The van der Waals surface area contributed by atoms with Crippen molar-refractivity contribution in [3.63, 3.8) is 0 Å². The molecule has 33 heavy (non-hydrogen) atoms. The molecule has 1 aliphatic heterocycles. The number of hydrogen-bond acceptors (Lipinski definition) is 6. The summed E-state index contributed by atoms with van der Waals surface area (Å²) in [5, 5.41) is 9.68. The number of aliphatic hydroxyl groups excluding tert-OH is 1. The van der Waals surface area contributed by atoms with E-state index in [2.05, 4.69) is 16.0 Å². The van der Waals surface area contributed by atoms with Crippen molar-refractivity contribution in [3.8, 4) is 17.4 Å². The fourth-order valence-electron chi connectivity index (χ4n) is 4.16. The Hall–Kier alpha value is -3.09. The van der Waals surface area contributed by atoms with Gasteiger partial charge >= 0.3 is 0 Å². The summed E-state index contributed by atoms with van der Waals surface area (Å²) in [6, 6.07) is 17.9. The van der Waals surface area contributed by atoms with Crippen molar-refractivity contribution in [3.05, 3.63) is 77.5 Å². The molecule has 0 radical (unpaired) electrons. The molecule has 1 fully saturated rings. The standard InChI is InChI=1S/C27H32N2O4/c1-19-8-11-27(28-17-19)33-23-12-14-29(18-23)25-10-9-22(16-21(25)13-15-30)32-26-7-5-4-6-24(26)20(2)31-3/h4-11,16-17,20,23,30H,12-15,18H2,1-3H3. The molecule has 0 saturated carbocycles. The molecule has 0 spiro atoms. The molecule has 2 heterocycles. The van der Waals surface area contributed by atoms with Crippen LogP contribution < -0.4 is 14.4 Å². The molecule has 0 bridgehead atoms. The van der Waals surface area contributed by atoms with Crippen LogP contribution in [0.5, 0.6) is 17.4 Å². The van der Waals surface area contributed by atoms with Gasteiger partial charge in [-0.2, -0.15) is 0 Å². The van der Waals surface area contributed by atoms with Crippen molar-refractivity contribution in [2.45, 2.75) is 38.9 Å². The zero-order valence-corrected chi connectivity index (χ0v) is 19.5. The molecule has 2 atom stereocenters. The highest BCUT2D eigenvalue weighted by molar-refractivity contribution is 5.58. The smallest absolute Gasteiger partial charge is 0.213 e. The Morgan fingerprint density at radius 3 is 2.76 bits per heavy atom. The zero-order valence-electron chi connectivity index (χ0n) is 19.5. The van der Waals surface area contributed by atoms with Crippen molar-refractivity contribution in [2.24, 2.45) is 0 Å². The highest BCUT2D eigenvalue weighted by Gasteiger charge is 2.26. The number of pyridine rings is 1. The fourth-order valence-corrected chi connectivity index (χ4v) is 4.16. The number of aromatic nitrogens is 1. The predicted molar refractivity (Wildman–Crippen MR) is 129 cm³/mol. The zero-order chi connectivity index (χ0) is 23.2. The van der Waals surface area contributed by atoms with Gasteiger partial charge in [-0.05, 0) is 55.7 Å². The molecular weight excluding hydrogens is 416 g/mol. The molecule has 6 heteroatoms. The first-order valence-corrected chi connectivity index (χ1v) is 11.4. The van der Waals surface area contributed by atoms with E-state index in [9.17, 15) is 5.11 Å². The van der Waals surface area contributed by atoms with Crippen LogP contribution in [-0.2, 0) is 11.2 Å². The number of benzene rings is 2. The first-order valence-electron chi connectivity index (χ1n) is 11.4. The van der Waals surface area contributed by atoms with Crippen LogP contribution in [0, 0.1) is 6.92 Å². The Balaban J connectivity index is 1.49. The molecule has 1 aliphatic rings. The number of ether oxygens (including phenoxy) is 3. The number of aliphatic hydroxyl groups is 1. The normalized spacial score (nSPS) is 16.6. The van der Waals surface area contributed by atoms with Gasteiger partial charge in [-0.3, -0.25) is 0 Å². The van der Waals surface area contributed by atoms with E-state index >= 15 is 0 Å². The average Bonchev–Trinajstić information content (AvgIpc) is 3.29. The van der Waals surface area contributed by atoms with E-state index < -0.39 is 0 Å². The molecular formula is C27H32N2O4. The van der Waals surface area contributed by atoms with Crippen LogP contribution in [0.25, 0.3) is 0 Å². The van der Waals surface area contributed by atoms with Crippen molar-refractivity contribution < 1.29 is 19.3 Å². The maximum atomic E-state index is 9.68. The molecule has 4 rings (SSSR count). The lowest BCUT2D eigenvalue weighted by Crippen LogP contribution is -2.25. The average molecular weight is 449 g/mol. The largest absolute Gasteiger partial charge is 0.472 e.